The van der Waals surface area contributed by atoms with E-state index in [0.29, 0.717) is 18.4 Å². The predicted octanol–water partition coefficient (Wildman–Crippen LogP) is 2.32. The Balaban J connectivity index is 2.10. The molecule has 17 heavy (non-hydrogen) atoms. The largest absolute Gasteiger partial charge is 0.356 e. The van der Waals surface area contributed by atoms with Gasteiger partial charge in [-0.25, -0.2) is 0 Å². The van der Waals surface area contributed by atoms with Crippen LogP contribution in [0.5, 0.6) is 0 Å². The van der Waals surface area contributed by atoms with Crippen LogP contribution in [0.1, 0.15) is 52.9 Å². The fraction of sp³-hybridized carbons (Fsp3) is 0.929. The molecule has 2 atom stereocenters. The molecule has 1 amide bonds. The van der Waals surface area contributed by atoms with Gasteiger partial charge in [0.05, 0.1) is 0 Å². The monoisotopic (exact) mass is 240 g/mol. The maximum absolute atomic E-state index is 11.6. The van der Waals surface area contributed by atoms with Crippen LogP contribution in [0.15, 0.2) is 0 Å². The summed E-state index contributed by atoms with van der Waals surface area (Å²) in [5.74, 6) is 1.67. The van der Waals surface area contributed by atoms with Crippen LogP contribution in [-0.4, -0.2) is 25.0 Å². The first-order valence-electron chi connectivity index (χ1n) is 7.09. The maximum Gasteiger partial charge on any atom is 0.221 e. The molecule has 1 fully saturated rings. The first kappa shape index (κ1) is 14.5. The number of hydrogen-bond donors (Lipinski definition) is 2. The van der Waals surface area contributed by atoms with Crippen molar-refractivity contribution in [2.45, 2.75) is 58.9 Å². The molecule has 0 saturated heterocycles. The van der Waals surface area contributed by atoms with Crippen molar-refractivity contribution in [2.24, 2.45) is 11.8 Å². The molecule has 2 N–H and O–H groups in total. The number of carbonyl (C=O) groups excluding carboxylic acids is 1. The van der Waals surface area contributed by atoms with Gasteiger partial charge in [0.1, 0.15) is 0 Å². The highest BCUT2D eigenvalue weighted by Gasteiger charge is 2.21. The van der Waals surface area contributed by atoms with Crippen molar-refractivity contribution in [1.29, 1.82) is 0 Å². The highest BCUT2D eigenvalue weighted by molar-refractivity contribution is 5.76. The fourth-order valence-corrected chi connectivity index (χ4v) is 2.50. The van der Waals surface area contributed by atoms with Gasteiger partial charge in [0, 0.05) is 25.6 Å². The zero-order valence-electron chi connectivity index (χ0n) is 11.6. The summed E-state index contributed by atoms with van der Waals surface area (Å²) in [5.41, 5.74) is 0. The Morgan fingerprint density at radius 2 is 2.00 bits per heavy atom. The van der Waals surface area contributed by atoms with Gasteiger partial charge in [0.2, 0.25) is 5.91 Å². The third-order valence-corrected chi connectivity index (χ3v) is 3.76. The summed E-state index contributed by atoms with van der Waals surface area (Å²) >= 11 is 0. The minimum Gasteiger partial charge on any atom is -0.356 e. The van der Waals surface area contributed by atoms with Crippen LogP contribution < -0.4 is 10.6 Å². The van der Waals surface area contributed by atoms with E-state index in [1.165, 1.54) is 25.7 Å². The van der Waals surface area contributed by atoms with E-state index >= 15 is 0 Å². The van der Waals surface area contributed by atoms with Gasteiger partial charge >= 0.3 is 0 Å². The summed E-state index contributed by atoms with van der Waals surface area (Å²) in [6, 6.07) is 0.459. The number of rotatable bonds is 6. The smallest absolute Gasteiger partial charge is 0.221 e. The summed E-state index contributed by atoms with van der Waals surface area (Å²) < 4.78 is 0. The fourth-order valence-electron chi connectivity index (χ4n) is 2.50. The minimum absolute atomic E-state index is 0.191. The molecule has 2 unspecified atom stereocenters. The quantitative estimate of drug-likeness (QED) is 0.748. The van der Waals surface area contributed by atoms with Crippen molar-refractivity contribution in [2.75, 3.05) is 13.1 Å². The molecule has 1 rings (SSSR count). The average molecular weight is 240 g/mol. The summed E-state index contributed by atoms with van der Waals surface area (Å²) in [4.78, 5) is 11.6. The van der Waals surface area contributed by atoms with Crippen molar-refractivity contribution >= 4 is 5.91 Å². The third kappa shape index (κ3) is 6.06. The van der Waals surface area contributed by atoms with Gasteiger partial charge in [-0.3, -0.25) is 4.79 Å². The molecule has 0 aromatic rings. The second kappa shape index (κ2) is 7.70. The van der Waals surface area contributed by atoms with Gasteiger partial charge in [-0.1, -0.05) is 40.0 Å². The molecule has 1 saturated carbocycles. The van der Waals surface area contributed by atoms with E-state index in [4.69, 9.17) is 0 Å². The van der Waals surface area contributed by atoms with Crippen molar-refractivity contribution in [3.8, 4) is 0 Å². The summed E-state index contributed by atoms with van der Waals surface area (Å²) in [6.45, 7) is 8.17. The lowest BCUT2D eigenvalue weighted by atomic mass is 9.80. The Bertz CT molecular complexity index is 228. The molecule has 100 valence electrons. The van der Waals surface area contributed by atoms with Gasteiger partial charge in [0.25, 0.3) is 0 Å². The van der Waals surface area contributed by atoms with E-state index in [1.807, 2.05) is 0 Å². The highest BCUT2D eigenvalue weighted by Crippen LogP contribution is 2.28. The van der Waals surface area contributed by atoms with Crippen LogP contribution in [0, 0.1) is 11.8 Å². The van der Waals surface area contributed by atoms with Crippen LogP contribution in [0.4, 0.5) is 0 Å². The SMILES string of the molecule is CC(C)NCCC(=O)NCC1CCCCC1C. The van der Waals surface area contributed by atoms with E-state index in [0.717, 1.165) is 19.0 Å². The molecule has 0 aromatic heterocycles. The molecule has 1 aliphatic rings. The van der Waals surface area contributed by atoms with Crippen LogP contribution >= 0.6 is 0 Å². The Morgan fingerprint density at radius 1 is 1.29 bits per heavy atom. The van der Waals surface area contributed by atoms with Gasteiger partial charge < -0.3 is 10.6 Å². The van der Waals surface area contributed by atoms with Gasteiger partial charge in [-0.15, -0.1) is 0 Å². The third-order valence-electron chi connectivity index (χ3n) is 3.76. The first-order valence-corrected chi connectivity index (χ1v) is 7.09. The van der Waals surface area contributed by atoms with E-state index in [1.54, 1.807) is 0 Å². The number of carbonyl (C=O) groups is 1. The maximum atomic E-state index is 11.6. The Morgan fingerprint density at radius 3 is 2.65 bits per heavy atom. The van der Waals surface area contributed by atoms with Crippen LogP contribution in [0.3, 0.4) is 0 Å². The molecule has 0 radical (unpaired) electrons. The molecule has 1 aliphatic carbocycles. The molecule has 3 nitrogen and oxygen atoms in total. The normalized spacial score (nSPS) is 24.9. The van der Waals surface area contributed by atoms with Crippen molar-refractivity contribution < 1.29 is 4.79 Å². The second-order valence-electron chi connectivity index (χ2n) is 5.68. The second-order valence-corrected chi connectivity index (χ2v) is 5.68. The minimum atomic E-state index is 0.191. The van der Waals surface area contributed by atoms with Crippen molar-refractivity contribution in [1.82, 2.24) is 10.6 Å². The molecule has 0 aliphatic heterocycles. The molecular formula is C14H28N2O. The molecule has 0 bridgehead atoms. The van der Waals surface area contributed by atoms with Gasteiger partial charge in [-0.05, 0) is 18.3 Å². The van der Waals surface area contributed by atoms with Crippen LogP contribution in [0.25, 0.3) is 0 Å². The molecule has 0 heterocycles. The zero-order chi connectivity index (χ0) is 12.7. The topological polar surface area (TPSA) is 41.1 Å². The lowest BCUT2D eigenvalue weighted by molar-refractivity contribution is -0.121. The zero-order valence-corrected chi connectivity index (χ0v) is 11.6. The Labute approximate surface area is 106 Å². The van der Waals surface area contributed by atoms with E-state index in [9.17, 15) is 4.79 Å². The standard InChI is InChI=1S/C14H28N2O/c1-11(2)15-9-8-14(17)16-10-13-7-5-4-6-12(13)3/h11-13,15H,4-10H2,1-3H3,(H,16,17). The Kier molecular flexibility index (Phi) is 6.56. The van der Waals surface area contributed by atoms with Crippen molar-refractivity contribution in [3.05, 3.63) is 0 Å². The first-order chi connectivity index (χ1) is 8.09. The number of amides is 1. The summed E-state index contributed by atoms with van der Waals surface area (Å²) in [6.07, 6.45) is 5.91. The van der Waals surface area contributed by atoms with Crippen LogP contribution in [0.2, 0.25) is 0 Å². The Hall–Kier alpha value is -0.570. The highest BCUT2D eigenvalue weighted by atomic mass is 16.1. The molecule has 0 aromatic carbocycles. The van der Waals surface area contributed by atoms with E-state index in [2.05, 4.69) is 31.4 Å². The average Bonchev–Trinajstić information content (AvgIpc) is 2.27. The predicted molar refractivity (Wildman–Crippen MR) is 71.9 cm³/mol. The summed E-state index contributed by atoms with van der Waals surface area (Å²) in [7, 11) is 0. The van der Waals surface area contributed by atoms with E-state index in [-0.39, 0.29) is 5.91 Å². The van der Waals surface area contributed by atoms with Gasteiger partial charge in [-0.2, -0.15) is 0 Å². The lowest BCUT2D eigenvalue weighted by Crippen LogP contribution is -2.35. The van der Waals surface area contributed by atoms with E-state index < -0.39 is 0 Å². The van der Waals surface area contributed by atoms with Gasteiger partial charge in [0.15, 0.2) is 0 Å². The number of nitrogens with one attached hydrogen (secondary N) is 2. The van der Waals surface area contributed by atoms with Crippen LogP contribution in [-0.2, 0) is 4.79 Å². The summed E-state index contributed by atoms with van der Waals surface area (Å²) in [5, 5.41) is 6.34. The molecule has 0 spiro atoms. The van der Waals surface area contributed by atoms with Crippen molar-refractivity contribution in [3.63, 3.8) is 0 Å². The number of hydrogen-bond acceptors (Lipinski definition) is 2. The molecule has 3 heteroatoms. The molecular weight excluding hydrogens is 212 g/mol. The lowest BCUT2D eigenvalue weighted by Gasteiger charge is -2.28.